The summed E-state index contributed by atoms with van der Waals surface area (Å²) < 4.78 is 0. The lowest BCUT2D eigenvalue weighted by Crippen LogP contribution is -1.72. The van der Waals surface area contributed by atoms with Gasteiger partial charge in [-0.2, -0.15) is 0 Å². The fourth-order valence-corrected chi connectivity index (χ4v) is 0.418. The van der Waals surface area contributed by atoms with Crippen molar-refractivity contribution in [3.8, 4) is 0 Å². The molecule has 0 spiro atoms. The molecule has 0 aromatic carbocycles. The van der Waals surface area contributed by atoms with Gasteiger partial charge in [0.15, 0.2) is 6.29 Å². The number of carbonyl (C=O) groups excluding carboxylic acids is 1. The van der Waals surface area contributed by atoms with Gasteiger partial charge in [0.05, 0.1) is 5.69 Å². The molecular formula is C7H11NO2. The highest BCUT2D eigenvalue weighted by Gasteiger charge is 1.81. The van der Waals surface area contributed by atoms with Crippen molar-refractivity contribution in [2.75, 3.05) is 6.61 Å². The van der Waals surface area contributed by atoms with Crippen molar-refractivity contribution in [3.63, 3.8) is 0 Å². The van der Waals surface area contributed by atoms with Crippen LogP contribution in [0.5, 0.6) is 0 Å². The van der Waals surface area contributed by atoms with Gasteiger partial charge in [0.2, 0.25) is 0 Å². The van der Waals surface area contributed by atoms with Crippen LogP contribution in [-0.2, 0) is 0 Å². The van der Waals surface area contributed by atoms with Crippen LogP contribution in [0.3, 0.4) is 0 Å². The maximum absolute atomic E-state index is 9.84. The van der Waals surface area contributed by atoms with E-state index in [1.54, 1.807) is 25.3 Å². The van der Waals surface area contributed by atoms with E-state index in [9.17, 15) is 4.79 Å². The molecule has 0 fully saturated rings. The molecule has 1 aromatic heterocycles. The van der Waals surface area contributed by atoms with Gasteiger partial charge in [0.25, 0.3) is 0 Å². The van der Waals surface area contributed by atoms with E-state index < -0.39 is 0 Å². The third-order valence-corrected chi connectivity index (χ3v) is 0.749. The van der Waals surface area contributed by atoms with Gasteiger partial charge in [0.1, 0.15) is 0 Å². The number of aliphatic hydroxyl groups is 1. The van der Waals surface area contributed by atoms with Gasteiger partial charge in [-0.25, -0.2) is 0 Å². The first-order chi connectivity index (χ1) is 4.85. The Kier molecular flexibility index (Phi) is 5.38. The molecule has 0 aliphatic rings. The number of aromatic nitrogens is 1. The Morgan fingerprint density at radius 1 is 1.80 bits per heavy atom. The molecule has 2 N–H and O–H groups in total. The van der Waals surface area contributed by atoms with Gasteiger partial charge in [-0.3, -0.25) is 4.79 Å². The highest BCUT2D eigenvalue weighted by Crippen LogP contribution is 1.85. The summed E-state index contributed by atoms with van der Waals surface area (Å²) in [6, 6.07) is 3.50. The lowest BCUT2D eigenvalue weighted by molar-refractivity contribution is 0.111. The average Bonchev–Trinajstić information content (AvgIpc) is 2.39. The highest BCUT2D eigenvalue weighted by molar-refractivity contribution is 5.71. The Morgan fingerprint density at radius 2 is 2.40 bits per heavy atom. The molecule has 0 amide bonds. The van der Waals surface area contributed by atoms with E-state index in [-0.39, 0.29) is 6.61 Å². The lowest BCUT2D eigenvalue weighted by Gasteiger charge is -1.70. The van der Waals surface area contributed by atoms with E-state index in [4.69, 9.17) is 5.11 Å². The summed E-state index contributed by atoms with van der Waals surface area (Å²) in [4.78, 5) is 12.6. The van der Waals surface area contributed by atoms with E-state index in [0.717, 1.165) is 6.29 Å². The van der Waals surface area contributed by atoms with Crippen LogP contribution in [0.25, 0.3) is 0 Å². The molecule has 0 atom stereocenters. The summed E-state index contributed by atoms with van der Waals surface area (Å²) in [6.45, 7) is 1.93. The van der Waals surface area contributed by atoms with Crippen LogP contribution in [0.4, 0.5) is 0 Å². The molecule has 1 rings (SSSR count). The van der Waals surface area contributed by atoms with Crippen LogP contribution in [0.1, 0.15) is 17.4 Å². The third-order valence-electron chi connectivity index (χ3n) is 0.749. The van der Waals surface area contributed by atoms with Crippen molar-refractivity contribution in [3.05, 3.63) is 24.0 Å². The number of rotatable bonds is 1. The van der Waals surface area contributed by atoms with E-state index in [1.807, 2.05) is 0 Å². The summed E-state index contributed by atoms with van der Waals surface area (Å²) in [5.74, 6) is 0. The Bertz CT molecular complexity index is 158. The molecule has 3 heteroatoms. The molecule has 1 aromatic rings. The maximum atomic E-state index is 9.84. The van der Waals surface area contributed by atoms with Crippen LogP contribution in [-0.4, -0.2) is 23.0 Å². The van der Waals surface area contributed by atoms with Crippen LogP contribution in [0, 0.1) is 0 Å². The molecule has 0 aliphatic heterocycles. The van der Waals surface area contributed by atoms with Gasteiger partial charge in [0, 0.05) is 12.8 Å². The maximum Gasteiger partial charge on any atom is 0.166 e. The molecule has 0 saturated carbocycles. The van der Waals surface area contributed by atoms with Gasteiger partial charge < -0.3 is 10.1 Å². The van der Waals surface area contributed by atoms with Gasteiger partial charge >= 0.3 is 0 Å². The predicted octanol–water partition coefficient (Wildman–Crippen LogP) is 0.826. The lowest BCUT2D eigenvalue weighted by atomic mass is 10.5. The zero-order valence-electron chi connectivity index (χ0n) is 5.87. The number of aliphatic hydroxyl groups excluding tert-OH is 1. The molecule has 0 saturated heterocycles. The first-order valence-corrected chi connectivity index (χ1v) is 3.04. The summed E-state index contributed by atoms with van der Waals surface area (Å²) in [5.41, 5.74) is 0.625. The fourth-order valence-electron chi connectivity index (χ4n) is 0.418. The minimum Gasteiger partial charge on any atom is -0.397 e. The SMILES string of the molecule is CCO.O=Cc1ccc[nH]1. The molecule has 0 unspecified atom stereocenters. The zero-order chi connectivity index (χ0) is 7.82. The van der Waals surface area contributed by atoms with E-state index >= 15 is 0 Å². The zero-order valence-corrected chi connectivity index (χ0v) is 5.87. The van der Waals surface area contributed by atoms with Crippen molar-refractivity contribution < 1.29 is 9.90 Å². The van der Waals surface area contributed by atoms with Gasteiger partial charge in [-0.15, -0.1) is 0 Å². The number of aldehydes is 1. The first kappa shape index (κ1) is 8.91. The number of aromatic amines is 1. The second-order valence-corrected chi connectivity index (χ2v) is 1.56. The highest BCUT2D eigenvalue weighted by atomic mass is 16.2. The van der Waals surface area contributed by atoms with Crippen LogP contribution < -0.4 is 0 Å². The van der Waals surface area contributed by atoms with Gasteiger partial charge in [-0.1, -0.05) is 0 Å². The second-order valence-electron chi connectivity index (χ2n) is 1.56. The molecule has 0 bridgehead atoms. The number of hydrogen-bond donors (Lipinski definition) is 2. The summed E-state index contributed by atoms with van der Waals surface area (Å²) >= 11 is 0. The first-order valence-electron chi connectivity index (χ1n) is 3.04. The molecule has 10 heavy (non-hydrogen) atoms. The summed E-state index contributed by atoms with van der Waals surface area (Å²) in [6.07, 6.45) is 2.49. The largest absolute Gasteiger partial charge is 0.397 e. The van der Waals surface area contributed by atoms with E-state index in [0.29, 0.717) is 5.69 Å². The van der Waals surface area contributed by atoms with Crippen molar-refractivity contribution in [2.45, 2.75) is 6.92 Å². The van der Waals surface area contributed by atoms with Crippen LogP contribution in [0.2, 0.25) is 0 Å². The number of H-pyrrole nitrogens is 1. The number of hydrogen-bond acceptors (Lipinski definition) is 2. The quantitative estimate of drug-likeness (QED) is 0.569. The number of carbonyl (C=O) groups is 1. The van der Waals surface area contributed by atoms with Crippen molar-refractivity contribution >= 4 is 6.29 Å². The Morgan fingerprint density at radius 3 is 2.60 bits per heavy atom. The molecule has 0 aliphatic carbocycles. The standard InChI is InChI=1S/C5H5NO.C2H6O/c7-4-5-2-1-3-6-5;1-2-3/h1-4,6H;3H,2H2,1H3. The van der Waals surface area contributed by atoms with E-state index in [2.05, 4.69) is 4.98 Å². The van der Waals surface area contributed by atoms with Crippen LogP contribution >= 0.6 is 0 Å². The van der Waals surface area contributed by atoms with Crippen LogP contribution in [0.15, 0.2) is 18.3 Å². The Balaban J connectivity index is 0.000000236. The molecule has 3 nitrogen and oxygen atoms in total. The van der Waals surface area contributed by atoms with E-state index in [1.165, 1.54) is 0 Å². The Labute approximate surface area is 59.7 Å². The summed E-state index contributed by atoms with van der Waals surface area (Å²) in [5, 5.41) is 7.57. The summed E-state index contributed by atoms with van der Waals surface area (Å²) in [7, 11) is 0. The fraction of sp³-hybridized carbons (Fsp3) is 0.286. The molecule has 1 heterocycles. The Hall–Kier alpha value is -1.09. The monoisotopic (exact) mass is 141 g/mol. The third kappa shape index (κ3) is 3.86. The average molecular weight is 141 g/mol. The van der Waals surface area contributed by atoms with Crippen molar-refractivity contribution in [1.82, 2.24) is 4.98 Å². The van der Waals surface area contributed by atoms with Gasteiger partial charge in [-0.05, 0) is 19.1 Å². The molecular weight excluding hydrogens is 130 g/mol. The number of nitrogens with one attached hydrogen (secondary N) is 1. The predicted molar refractivity (Wildman–Crippen MR) is 38.9 cm³/mol. The molecule has 56 valence electrons. The van der Waals surface area contributed by atoms with Crippen molar-refractivity contribution in [2.24, 2.45) is 0 Å². The minimum absolute atomic E-state index is 0.250. The molecule has 0 radical (unpaired) electrons. The topological polar surface area (TPSA) is 53.1 Å². The minimum atomic E-state index is 0.250. The second kappa shape index (κ2) is 6.04. The smallest absolute Gasteiger partial charge is 0.166 e. The van der Waals surface area contributed by atoms with Crippen molar-refractivity contribution in [1.29, 1.82) is 0 Å². The normalized spacial score (nSPS) is 7.80.